The fourth-order valence-corrected chi connectivity index (χ4v) is 1.75. The molecule has 1 aromatic rings. The maximum Gasteiger partial charge on any atom is 0.0378 e. The minimum absolute atomic E-state index is 0.199. The molecular formula is C13H21NS. The molecule has 1 aromatic carbocycles. The summed E-state index contributed by atoms with van der Waals surface area (Å²) in [5.41, 5.74) is 2.83. The normalized spacial score (nSPS) is 11.5. The van der Waals surface area contributed by atoms with E-state index in [0.717, 1.165) is 18.7 Å². The first-order valence-corrected chi connectivity index (χ1v) is 6.13. The molecule has 0 aliphatic rings. The van der Waals surface area contributed by atoms with E-state index in [4.69, 9.17) is 0 Å². The third kappa shape index (κ3) is 3.78. The molecular weight excluding hydrogens is 202 g/mol. The Balaban J connectivity index is 2.78. The van der Waals surface area contributed by atoms with E-state index in [1.807, 2.05) is 0 Å². The van der Waals surface area contributed by atoms with Crippen molar-refractivity contribution in [2.45, 2.75) is 32.6 Å². The van der Waals surface area contributed by atoms with Crippen LogP contribution in [0.3, 0.4) is 0 Å². The van der Waals surface area contributed by atoms with Crippen molar-refractivity contribution in [2.24, 2.45) is 0 Å². The van der Waals surface area contributed by atoms with Gasteiger partial charge in [-0.05, 0) is 29.2 Å². The first-order valence-electron chi connectivity index (χ1n) is 5.50. The highest BCUT2D eigenvalue weighted by atomic mass is 32.1. The van der Waals surface area contributed by atoms with Gasteiger partial charge >= 0.3 is 0 Å². The van der Waals surface area contributed by atoms with Gasteiger partial charge in [-0.15, -0.1) is 0 Å². The zero-order valence-electron chi connectivity index (χ0n) is 9.88. The van der Waals surface area contributed by atoms with Gasteiger partial charge in [0.05, 0.1) is 0 Å². The molecule has 0 unspecified atom stereocenters. The minimum atomic E-state index is 0.199. The molecule has 0 fully saturated rings. The van der Waals surface area contributed by atoms with Crippen molar-refractivity contribution in [1.82, 2.24) is 0 Å². The lowest BCUT2D eigenvalue weighted by molar-refractivity contribution is 0.591. The molecule has 0 amide bonds. The maximum absolute atomic E-state index is 4.21. The van der Waals surface area contributed by atoms with Gasteiger partial charge in [0.2, 0.25) is 0 Å². The number of hydrogen-bond donors (Lipinski definition) is 2. The number of benzene rings is 1. The van der Waals surface area contributed by atoms with Crippen LogP contribution in [0.25, 0.3) is 0 Å². The fourth-order valence-electron chi connectivity index (χ4n) is 1.59. The Kier molecular flexibility index (Phi) is 4.52. The summed E-state index contributed by atoms with van der Waals surface area (Å²) in [6, 6.07) is 8.53. The molecule has 0 radical (unpaired) electrons. The van der Waals surface area contributed by atoms with Crippen LogP contribution in [-0.4, -0.2) is 12.3 Å². The van der Waals surface area contributed by atoms with Crippen molar-refractivity contribution in [1.29, 1.82) is 0 Å². The highest BCUT2D eigenvalue weighted by Gasteiger charge is 2.16. The molecule has 0 bridgehead atoms. The number of thiol groups is 1. The van der Waals surface area contributed by atoms with E-state index in [-0.39, 0.29) is 5.41 Å². The average molecular weight is 223 g/mol. The second kappa shape index (κ2) is 5.45. The second-order valence-corrected chi connectivity index (χ2v) is 5.25. The van der Waals surface area contributed by atoms with Crippen LogP contribution < -0.4 is 5.32 Å². The molecule has 1 nitrogen and oxygen atoms in total. The summed E-state index contributed by atoms with van der Waals surface area (Å²) in [6.07, 6.45) is 1.10. The van der Waals surface area contributed by atoms with Crippen molar-refractivity contribution in [3.63, 3.8) is 0 Å². The standard InChI is InChI=1S/C13H21NS/c1-13(2,3)11-7-4-5-8-12(11)14-9-6-10-15/h4-5,7-8,14-15H,6,9-10H2,1-3H3. The number of hydrogen-bond acceptors (Lipinski definition) is 2. The Bertz CT molecular complexity index is 302. The molecule has 0 heterocycles. The Hall–Kier alpha value is -0.630. The monoisotopic (exact) mass is 223 g/mol. The largest absolute Gasteiger partial charge is 0.385 e. The molecule has 0 saturated carbocycles. The lowest BCUT2D eigenvalue weighted by Crippen LogP contribution is -2.15. The van der Waals surface area contributed by atoms with Crippen LogP contribution in [-0.2, 0) is 5.41 Å². The predicted octanol–water partition coefficient (Wildman–Crippen LogP) is 3.72. The molecule has 0 aromatic heterocycles. The van der Waals surface area contributed by atoms with Crippen molar-refractivity contribution >= 4 is 18.3 Å². The highest BCUT2D eigenvalue weighted by Crippen LogP contribution is 2.28. The van der Waals surface area contributed by atoms with E-state index in [1.54, 1.807) is 0 Å². The van der Waals surface area contributed by atoms with Gasteiger partial charge in [0.15, 0.2) is 0 Å². The summed E-state index contributed by atoms with van der Waals surface area (Å²) in [7, 11) is 0. The number of anilines is 1. The molecule has 1 rings (SSSR count). The van der Waals surface area contributed by atoms with Crippen LogP contribution in [0.4, 0.5) is 5.69 Å². The quantitative estimate of drug-likeness (QED) is 0.585. The molecule has 84 valence electrons. The van der Waals surface area contributed by atoms with E-state index in [1.165, 1.54) is 11.3 Å². The van der Waals surface area contributed by atoms with Gasteiger partial charge in [0.25, 0.3) is 0 Å². The van der Waals surface area contributed by atoms with Crippen LogP contribution in [0.2, 0.25) is 0 Å². The first-order chi connectivity index (χ1) is 7.05. The molecule has 0 saturated heterocycles. The van der Waals surface area contributed by atoms with Crippen LogP contribution >= 0.6 is 12.6 Å². The van der Waals surface area contributed by atoms with Gasteiger partial charge in [-0.25, -0.2) is 0 Å². The van der Waals surface area contributed by atoms with Crippen LogP contribution in [0.1, 0.15) is 32.8 Å². The summed E-state index contributed by atoms with van der Waals surface area (Å²) in [5, 5.41) is 3.47. The Morgan fingerprint density at radius 2 is 1.87 bits per heavy atom. The Labute approximate surface area is 98.7 Å². The summed E-state index contributed by atoms with van der Waals surface area (Å²) in [4.78, 5) is 0. The Morgan fingerprint density at radius 1 is 1.20 bits per heavy atom. The third-order valence-electron chi connectivity index (χ3n) is 2.39. The summed E-state index contributed by atoms with van der Waals surface area (Å²) >= 11 is 4.21. The van der Waals surface area contributed by atoms with Crippen LogP contribution in [0.5, 0.6) is 0 Å². The maximum atomic E-state index is 4.21. The third-order valence-corrected chi connectivity index (χ3v) is 2.70. The fraction of sp³-hybridized carbons (Fsp3) is 0.538. The van der Waals surface area contributed by atoms with Gasteiger partial charge < -0.3 is 5.32 Å². The Morgan fingerprint density at radius 3 is 2.47 bits per heavy atom. The first kappa shape index (κ1) is 12.4. The average Bonchev–Trinajstić information content (AvgIpc) is 2.17. The molecule has 2 heteroatoms. The van der Waals surface area contributed by atoms with Gasteiger partial charge in [-0.3, -0.25) is 0 Å². The topological polar surface area (TPSA) is 12.0 Å². The van der Waals surface area contributed by atoms with E-state index in [9.17, 15) is 0 Å². The summed E-state index contributed by atoms with van der Waals surface area (Å²) < 4.78 is 0. The summed E-state index contributed by atoms with van der Waals surface area (Å²) in [5.74, 6) is 0.935. The van der Waals surface area contributed by atoms with E-state index < -0.39 is 0 Å². The predicted molar refractivity (Wildman–Crippen MR) is 72.1 cm³/mol. The van der Waals surface area contributed by atoms with Crippen molar-refractivity contribution in [3.8, 4) is 0 Å². The van der Waals surface area contributed by atoms with Crippen LogP contribution in [0, 0.1) is 0 Å². The number of para-hydroxylation sites is 1. The van der Waals surface area contributed by atoms with Gasteiger partial charge in [-0.2, -0.15) is 12.6 Å². The number of rotatable bonds is 4. The summed E-state index contributed by atoms with van der Waals surface area (Å²) in [6.45, 7) is 7.72. The molecule has 0 aliphatic carbocycles. The zero-order valence-corrected chi connectivity index (χ0v) is 10.8. The van der Waals surface area contributed by atoms with Crippen molar-refractivity contribution in [2.75, 3.05) is 17.6 Å². The van der Waals surface area contributed by atoms with E-state index in [0.29, 0.717) is 0 Å². The molecule has 0 spiro atoms. The lowest BCUT2D eigenvalue weighted by atomic mass is 9.86. The minimum Gasteiger partial charge on any atom is -0.385 e. The molecule has 0 aliphatic heterocycles. The zero-order chi connectivity index (χ0) is 11.3. The molecule has 15 heavy (non-hydrogen) atoms. The van der Waals surface area contributed by atoms with Gasteiger partial charge in [0, 0.05) is 12.2 Å². The SMILES string of the molecule is CC(C)(C)c1ccccc1NCCCS. The second-order valence-electron chi connectivity index (χ2n) is 4.80. The van der Waals surface area contributed by atoms with Gasteiger partial charge in [-0.1, -0.05) is 39.0 Å². The van der Waals surface area contributed by atoms with E-state index in [2.05, 4.69) is 63.0 Å². The molecule has 1 N–H and O–H groups in total. The van der Waals surface area contributed by atoms with E-state index >= 15 is 0 Å². The highest BCUT2D eigenvalue weighted by molar-refractivity contribution is 7.80. The van der Waals surface area contributed by atoms with Crippen LogP contribution in [0.15, 0.2) is 24.3 Å². The lowest BCUT2D eigenvalue weighted by Gasteiger charge is -2.23. The smallest absolute Gasteiger partial charge is 0.0378 e. The number of nitrogens with one attached hydrogen (secondary N) is 1. The molecule has 0 atom stereocenters. The van der Waals surface area contributed by atoms with Gasteiger partial charge in [0.1, 0.15) is 0 Å². The van der Waals surface area contributed by atoms with Crippen molar-refractivity contribution < 1.29 is 0 Å². The van der Waals surface area contributed by atoms with Crippen molar-refractivity contribution in [3.05, 3.63) is 29.8 Å².